The number of benzene rings is 1. The van der Waals surface area contributed by atoms with Gasteiger partial charge in [0.2, 0.25) is 5.78 Å². The Labute approximate surface area is 129 Å². The van der Waals surface area contributed by atoms with E-state index in [1.807, 2.05) is 25.5 Å². The number of aromatic nitrogens is 1. The summed E-state index contributed by atoms with van der Waals surface area (Å²) in [7, 11) is 3.41. The summed E-state index contributed by atoms with van der Waals surface area (Å²) in [6, 6.07) is 8.43. The van der Waals surface area contributed by atoms with Crippen LogP contribution in [0, 0.1) is 13.8 Å². The molecule has 0 aliphatic rings. The molecule has 2 aromatic rings. The number of carbonyl (C=O) groups is 2. The van der Waals surface area contributed by atoms with Crippen LogP contribution in [0.1, 0.15) is 32.1 Å². The van der Waals surface area contributed by atoms with Crippen molar-refractivity contribution >= 4 is 11.8 Å². The minimum absolute atomic E-state index is 0.211. The smallest absolute Gasteiger partial charge is 0.338 e. The topological polar surface area (TPSA) is 57.5 Å². The number of hydrogen-bond acceptors (Lipinski definition) is 4. The van der Waals surface area contributed by atoms with Crippen LogP contribution in [0.15, 0.2) is 30.3 Å². The fourth-order valence-electron chi connectivity index (χ4n) is 2.18. The first kappa shape index (κ1) is 15.8. The quantitative estimate of drug-likeness (QED) is 0.629. The van der Waals surface area contributed by atoms with E-state index < -0.39 is 5.97 Å². The maximum atomic E-state index is 12.2. The van der Waals surface area contributed by atoms with Crippen molar-refractivity contribution in [1.82, 2.24) is 4.57 Å². The average Bonchev–Trinajstić information content (AvgIpc) is 2.79. The van der Waals surface area contributed by atoms with E-state index in [4.69, 9.17) is 9.47 Å². The molecule has 5 nitrogen and oxygen atoms in total. The van der Waals surface area contributed by atoms with E-state index in [0.717, 1.165) is 11.4 Å². The van der Waals surface area contributed by atoms with Gasteiger partial charge in [-0.05, 0) is 38.1 Å². The predicted molar refractivity (Wildman–Crippen MR) is 82.5 cm³/mol. The van der Waals surface area contributed by atoms with Gasteiger partial charge in [-0.15, -0.1) is 0 Å². The average molecular weight is 301 g/mol. The van der Waals surface area contributed by atoms with Gasteiger partial charge >= 0.3 is 5.97 Å². The number of esters is 1. The first-order valence-electron chi connectivity index (χ1n) is 6.91. The number of aryl methyl sites for hydroxylation is 1. The molecular formula is C17H19NO4. The lowest BCUT2D eigenvalue weighted by Crippen LogP contribution is -2.15. The van der Waals surface area contributed by atoms with Crippen molar-refractivity contribution in [2.75, 3.05) is 13.7 Å². The van der Waals surface area contributed by atoms with Crippen molar-refractivity contribution in [2.24, 2.45) is 7.05 Å². The third-order valence-corrected chi connectivity index (χ3v) is 3.72. The van der Waals surface area contributed by atoms with Crippen molar-refractivity contribution in [3.05, 3.63) is 52.8 Å². The summed E-state index contributed by atoms with van der Waals surface area (Å²) in [6.45, 7) is 3.51. The maximum absolute atomic E-state index is 12.2. The number of rotatable bonds is 5. The molecule has 116 valence electrons. The van der Waals surface area contributed by atoms with E-state index in [-0.39, 0.29) is 12.4 Å². The van der Waals surface area contributed by atoms with Crippen LogP contribution < -0.4 is 4.74 Å². The zero-order valence-corrected chi connectivity index (χ0v) is 13.2. The Hall–Kier alpha value is -2.56. The molecule has 0 radical (unpaired) electrons. The molecule has 1 aromatic carbocycles. The fraction of sp³-hybridized carbons (Fsp3) is 0.294. The summed E-state index contributed by atoms with van der Waals surface area (Å²) < 4.78 is 12.1. The second kappa shape index (κ2) is 6.47. The molecule has 0 amide bonds. The van der Waals surface area contributed by atoms with Gasteiger partial charge in [0.1, 0.15) is 5.75 Å². The van der Waals surface area contributed by atoms with Gasteiger partial charge in [-0.1, -0.05) is 6.07 Å². The van der Waals surface area contributed by atoms with Gasteiger partial charge in [0.05, 0.1) is 12.7 Å². The summed E-state index contributed by atoms with van der Waals surface area (Å²) in [6.07, 6.45) is 0. The summed E-state index contributed by atoms with van der Waals surface area (Å²) in [5, 5.41) is 0. The molecule has 0 saturated heterocycles. The first-order chi connectivity index (χ1) is 10.4. The lowest BCUT2D eigenvalue weighted by molar-refractivity contribution is 0.0474. The molecule has 1 aromatic heterocycles. The Kier molecular flexibility index (Phi) is 4.65. The monoisotopic (exact) mass is 301 g/mol. The van der Waals surface area contributed by atoms with Crippen molar-refractivity contribution in [1.29, 1.82) is 0 Å². The standard InChI is InChI=1S/C17H19NO4/c1-11-8-15(12(2)18(11)3)16(19)10-22-17(20)13-6-5-7-14(9-13)21-4/h5-9H,10H2,1-4H3. The number of nitrogens with zero attached hydrogens (tertiary/aromatic N) is 1. The highest BCUT2D eigenvalue weighted by atomic mass is 16.5. The van der Waals surface area contributed by atoms with Gasteiger partial charge in [0.15, 0.2) is 6.61 Å². The number of methoxy groups -OCH3 is 1. The fourth-order valence-corrected chi connectivity index (χ4v) is 2.18. The Balaban J connectivity index is 2.04. The molecular weight excluding hydrogens is 282 g/mol. The van der Waals surface area contributed by atoms with Crippen molar-refractivity contribution in [2.45, 2.75) is 13.8 Å². The summed E-state index contributed by atoms with van der Waals surface area (Å²) in [5.41, 5.74) is 2.78. The molecule has 1 heterocycles. The van der Waals surface area contributed by atoms with Gasteiger partial charge in [-0.2, -0.15) is 0 Å². The van der Waals surface area contributed by atoms with Crippen LogP contribution in [-0.4, -0.2) is 30.0 Å². The summed E-state index contributed by atoms with van der Waals surface area (Å²) in [4.78, 5) is 24.1. The van der Waals surface area contributed by atoms with E-state index >= 15 is 0 Å². The second-order valence-corrected chi connectivity index (χ2v) is 5.08. The Morgan fingerprint density at radius 1 is 1.18 bits per heavy atom. The van der Waals surface area contributed by atoms with Crippen molar-refractivity contribution < 1.29 is 19.1 Å². The zero-order chi connectivity index (χ0) is 16.3. The largest absolute Gasteiger partial charge is 0.497 e. The minimum atomic E-state index is -0.544. The minimum Gasteiger partial charge on any atom is -0.497 e. The number of hydrogen-bond donors (Lipinski definition) is 0. The van der Waals surface area contributed by atoms with Crippen molar-refractivity contribution in [3.63, 3.8) is 0 Å². The van der Waals surface area contributed by atoms with Crippen LogP contribution >= 0.6 is 0 Å². The molecule has 0 bridgehead atoms. The SMILES string of the molecule is COc1cccc(C(=O)OCC(=O)c2cc(C)n(C)c2C)c1. The third-order valence-electron chi connectivity index (χ3n) is 3.72. The van der Waals surface area contributed by atoms with E-state index in [1.54, 1.807) is 30.3 Å². The van der Waals surface area contributed by atoms with Gasteiger partial charge in [0, 0.05) is 24.0 Å². The van der Waals surface area contributed by atoms with Gasteiger partial charge < -0.3 is 14.0 Å². The number of ketones is 1. The van der Waals surface area contributed by atoms with Gasteiger partial charge in [0.25, 0.3) is 0 Å². The normalized spacial score (nSPS) is 10.4. The Morgan fingerprint density at radius 3 is 2.50 bits per heavy atom. The van der Waals surface area contributed by atoms with Crippen LogP contribution in [0.25, 0.3) is 0 Å². The predicted octanol–water partition coefficient (Wildman–Crippen LogP) is 2.69. The zero-order valence-electron chi connectivity index (χ0n) is 13.2. The lowest BCUT2D eigenvalue weighted by atomic mass is 10.1. The number of carbonyl (C=O) groups excluding carboxylic acids is 2. The highest BCUT2D eigenvalue weighted by Gasteiger charge is 2.16. The number of Topliss-reactive ketones (excluding diaryl/α,β-unsaturated/α-hetero) is 1. The summed E-state index contributed by atoms with van der Waals surface area (Å²) in [5.74, 6) is -0.190. The van der Waals surface area contributed by atoms with Crippen LogP contribution in [0.4, 0.5) is 0 Å². The maximum Gasteiger partial charge on any atom is 0.338 e. The first-order valence-corrected chi connectivity index (χ1v) is 6.91. The molecule has 0 fully saturated rings. The van der Waals surface area contributed by atoms with Gasteiger partial charge in [-0.3, -0.25) is 4.79 Å². The molecule has 22 heavy (non-hydrogen) atoms. The number of ether oxygens (including phenoxy) is 2. The van der Waals surface area contributed by atoms with E-state index in [9.17, 15) is 9.59 Å². The Morgan fingerprint density at radius 2 is 1.91 bits per heavy atom. The highest BCUT2D eigenvalue weighted by Crippen LogP contribution is 2.16. The molecule has 0 N–H and O–H groups in total. The van der Waals surface area contributed by atoms with Crippen LogP contribution in [0.2, 0.25) is 0 Å². The summed E-state index contributed by atoms with van der Waals surface area (Å²) >= 11 is 0. The molecule has 2 rings (SSSR count). The highest BCUT2D eigenvalue weighted by molar-refractivity contribution is 6.00. The second-order valence-electron chi connectivity index (χ2n) is 5.08. The lowest BCUT2D eigenvalue weighted by Gasteiger charge is -2.06. The molecule has 0 atom stereocenters. The molecule has 0 aliphatic carbocycles. The third kappa shape index (κ3) is 3.19. The van der Waals surface area contributed by atoms with Crippen molar-refractivity contribution in [3.8, 4) is 5.75 Å². The van der Waals surface area contributed by atoms with Crippen LogP contribution in [0.5, 0.6) is 5.75 Å². The molecule has 0 unspecified atom stereocenters. The van der Waals surface area contributed by atoms with E-state index in [2.05, 4.69) is 0 Å². The molecule has 0 spiro atoms. The molecule has 0 aliphatic heterocycles. The van der Waals surface area contributed by atoms with Crippen LogP contribution in [-0.2, 0) is 11.8 Å². The van der Waals surface area contributed by atoms with E-state index in [1.165, 1.54) is 7.11 Å². The van der Waals surface area contributed by atoms with Crippen LogP contribution in [0.3, 0.4) is 0 Å². The molecule has 0 saturated carbocycles. The van der Waals surface area contributed by atoms with Gasteiger partial charge in [-0.25, -0.2) is 4.79 Å². The Bertz CT molecular complexity index is 715. The molecule has 5 heteroatoms. The van der Waals surface area contributed by atoms with E-state index in [0.29, 0.717) is 16.9 Å².